The molecule has 1 fully saturated rings. The first-order valence-electron chi connectivity index (χ1n) is 10.1. The van der Waals surface area contributed by atoms with Gasteiger partial charge in [0.25, 0.3) is 0 Å². The van der Waals surface area contributed by atoms with Crippen LogP contribution in [0.25, 0.3) is 22.6 Å². The van der Waals surface area contributed by atoms with Crippen LogP contribution in [-0.2, 0) is 9.47 Å². The molecule has 0 bridgehead atoms. The number of rotatable bonds is 7. The first kappa shape index (κ1) is 21.4. The summed E-state index contributed by atoms with van der Waals surface area (Å²) < 4.78 is 30.7. The summed E-state index contributed by atoms with van der Waals surface area (Å²) in [6, 6.07) is 8.00. The van der Waals surface area contributed by atoms with Gasteiger partial charge in [-0.2, -0.15) is 4.98 Å². The number of benzene rings is 1. The summed E-state index contributed by atoms with van der Waals surface area (Å²) in [6.07, 6.45) is 1.43. The van der Waals surface area contributed by atoms with Gasteiger partial charge >= 0.3 is 6.01 Å². The van der Waals surface area contributed by atoms with Gasteiger partial charge < -0.3 is 24.3 Å². The minimum absolute atomic E-state index is 0.0243. The molecule has 2 aromatic heterocycles. The maximum Gasteiger partial charge on any atom is 0.316 e. The molecule has 3 heterocycles. The lowest BCUT2D eigenvalue weighted by molar-refractivity contribution is -0.229. The van der Waals surface area contributed by atoms with Gasteiger partial charge in [0.05, 0.1) is 36.9 Å². The van der Waals surface area contributed by atoms with Crippen molar-refractivity contribution >= 4 is 0 Å². The smallest absolute Gasteiger partial charge is 0.316 e. The second-order valence-electron chi connectivity index (χ2n) is 8.12. The predicted molar refractivity (Wildman–Crippen MR) is 111 cm³/mol. The quantitative estimate of drug-likeness (QED) is 0.555. The zero-order chi connectivity index (χ0) is 21.8. The van der Waals surface area contributed by atoms with Crippen molar-refractivity contribution < 1.29 is 23.7 Å². The molecule has 0 unspecified atom stereocenters. The monoisotopic (exact) mass is 428 g/mol. The Morgan fingerprint density at radius 2 is 1.90 bits per heavy atom. The highest BCUT2D eigenvalue weighted by Crippen LogP contribution is 2.35. The molecular weight excluding hydrogens is 403 g/mol. The second kappa shape index (κ2) is 9.09. The fraction of sp³-hybridized carbons (Fsp3) is 0.409. The average Bonchev–Trinajstić information content (AvgIpc) is 3.20. The van der Waals surface area contributed by atoms with Crippen LogP contribution < -0.4 is 4.74 Å². The van der Waals surface area contributed by atoms with Crippen molar-refractivity contribution in [2.75, 3.05) is 26.4 Å². The average molecular weight is 428 g/mol. The number of hydrogen-bond donors (Lipinski definition) is 2. The second-order valence-corrected chi connectivity index (χ2v) is 8.12. The summed E-state index contributed by atoms with van der Waals surface area (Å²) in [5.74, 6) is 0.176. The van der Waals surface area contributed by atoms with Crippen LogP contribution in [0.5, 0.6) is 6.01 Å². The number of H-pyrrole nitrogens is 1. The molecule has 0 spiro atoms. The third-order valence-electron chi connectivity index (χ3n) is 4.74. The fourth-order valence-electron chi connectivity index (χ4n) is 3.13. The summed E-state index contributed by atoms with van der Waals surface area (Å²) in [7, 11) is 0. The number of nitrogens with one attached hydrogen (secondary N) is 1. The van der Waals surface area contributed by atoms with E-state index in [1.807, 2.05) is 0 Å². The van der Waals surface area contributed by atoms with Gasteiger partial charge in [-0.3, -0.25) is 0 Å². The Bertz CT molecular complexity index is 1010. The Hall–Kier alpha value is -2.88. The number of aromatic nitrogens is 4. The molecule has 4 rings (SSSR count). The highest BCUT2D eigenvalue weighted by atomic mass is 19.1. The Morgan fingerprint density at radius 1 is 1.16 bits per heavy atom. The molecule has 0 radical (unpaired) electrons. The lowest BCUT2D eigenvalue weighted by atomic mass is 9.96. The maximum absolute atomic E-state index is 13.5. The summed E-state index contributed by atoms with van der Waals surface area (Å²) >= 11 is 0. The molecule has 2 N–H and O–H groups in total. The van der Waals surface area contributed by atoms with Crippen molar-refractivity contribution in [3.63, 3.8) is 0 Å². The van der Waals surface area contributed by atoms with Crippen LogP contribution in [-0.4, -0.2) is 51.5 Å². The van der Waals surface area contributed by atoms with E-state index >= 15 is 0 Å². The molecule has 1 aliphatic heterocycles. The molecule has 0 amide bonds. The third kappa shape index (κ3) is 5.07. The molecule has 0 saturated carbocycles. The zero-order valence-corrected chi connectivity index (χ0v) is 17.5. The van der Waals surface area contributed by atoms with Gasteiger partial charge in [0.2, 0.25) is 6.29 Å². The van der Waals surface area contributed by atoms with Crippen LogP contribution in [0.4, 0.5) is 4.39 Å². The highest BCUT2D eigenvalue weighted by molar-refractivity contribution is 5.76. The van der Waals surface area contributed by atoms with Gasteiger partial charge in [0.15, 0.2) is 5.82 Å². The van der Waals surface area contributed by atoms with E-state index in [0.29, 0.717) is 49.1 Å². The van der Waals surface area contributed by atoms with E-state index in [4.69, 9.17) is 24.3 Å². The van der Waals surface area contributed by atoms with Crippen LogP contribution in [0.1, 0.15) is 32.4 Å². The van der Waals surface area contributed by atoms with Gasteiger partial charge in [-0.25, -0.2) is 14.4 Å². The van der Waals surface area contributed by atoms with Crippen LogP contribution in [0.3, 0.4) is 0 Å². The Morgan fingerprint density at radius 3 is 2.61 bits per heavy atom. The number of nitrogens with zero attached hydrogens (tertiary/aromatic N) is 3. The van der Waals surface area contributed by atoms with Crippen LogP contribution in [0.15, 0.2) is 36.5 Å². The topological polar surface area (TPSA) is 102 Å². The lowest BCUT2D eigenvalue weighted by Crippen LogP contribution is -2.34. The van der Waals surface area contributed by atoms with Crippen molar-refractivity contribution in [2.24, 2.45) is 5.41 Å². The summed E-state index contributed by atoms with van der Waals surface area (Å²) in [5, 5.41) is 8.93. The van der Waals surface area contributed by atoms with Crippen molar-refractivity contribution in [3.8, 4) is 28.7 Å². The molecule has 0 aliphatic carbocycles. The van der Waals surface area contributed by atoms with Gasteiger partial charge in [-0.15, -0.1) is 0 Å². The van der Waals surface area contributed by atoms with E-state index in [-0.39, 0.29) is 23.8 Å². The number of aliphatic hydroxyl groups is 1. The molecule has 1 aliphatic rings. The molecule has 3 aromatic rings. The van der Waals surface area contributed by atoms with Gasteiger partial charge in [0, 0.05) is 30.2 Å². The molecule has 8 nitrogen and oxygen atoms in total. The molecule has 164 valence electrons. The van der Waals surface area contributed by atoms with Crippen LogP contribution in [0.2, 0.25) is 0 Å². The largest absolute Gasteiger partial charge is 0.463 e. The number of hydrogen-bond acceptors (Lipinski definition) is 7. The number of halogens is 1. The third-order valence-corrected chi connectivity index (χ3v) is 4.74. The highest BCUT2D eigenvalue weighted by Gasteiger charge is 2.32. The molecule has 0 atom stereocenters. The van der Waals surface area contributed by atoms with Gasteiger partial charge in [-0.1, -0.05) is 13.8 Å². The number of imidazole rings is 1. The normalized spacial score (nSPS) is 16.4. The standard InChI is InChI=1S/C22H25FN4O4/c1-22(2)12-30-20(31-13-22)19-26-17(14-4-6-15(23)7-5-14)18(27-19)16-8-9-24-21(25-16)29-11-3-10-28/h4-9,20,28H,3,10-13H2,1-2H3,(H,26,27). The minimum atomic E-state index is -0.636. The first-order chi connectivity index (χ1) is 14.9. The van der Waals surface area contributed by atoms with E-state index in [1.54, 1.807) is 24.4 Å². The van der Waals surface area contributed by atoms with E-state index in [2.05, 4.69) is 28.8 Å². The Kier molecular flexibility index (Phi) is 6.26. The predicted octanol–water partition coefficient (Wildman–Crippen LogP) is 3.51. The summed E-state index contributed by atoms with van der Waals surface area (Å²) in [4.78, 5) is 16.5. The van der Waals surface area contributed by atoms with Crippen molar-refractivity contribution in [1.82, 2.24) is 19.9 Å². The molecular formula is C22H25FN4O4. The SMILES string of the molecule is CC1(C)COC(c2nc(-c3ccc(F)cc3)c(-c3ccnc(OCCCO)n3)[nH]2)OC1. The van der Waals surface area contributed by atoms with E-state index in [1.165, 1.54) is 12.1 Å². The van der Waals surface area contributed by atoms with Crippen molar-refractivity contribution in [2.45, 2.75) is 26.6 Å². The minimum Gasteiger partial charge on any atom is -0.463 e. The van der Waals surface area contributed by atoms with Crippen LogP contribution in [0, 0.1) is 11.2 Å². The van der Waals surface area contributed by atoms with E-state index in [0.717, 1.165) is 5.56 Å². The van der Waals surface area contributed by atoms with Crippen LogP contribution >= 0.6 is 0 Å². The number of aliphatic hydroxyl groups excluding tert-OH is 1. The van der Waals surface area contributed by atoms with Gasteiger partial charge in [0.1, 0.15) is 5.82 Å². The molecule has 1 saturated heterocycles. The summed E-state index contributed by atoms with van der Waals surface area (Å²) in [6.45, 7) is 5.54. The Labute approximate surface area is 179 Å². The Balaban J connectivity index is 1.69. The summed E-state index contributed by atoms with van der Waals surface area (Å²) in [5.41, 5.74) is 2.42. The molecule has 31 heavy (non-hydrogen) atoms. The fourth-order valence-corrected chi connectivity index (χ4v) is 3.13. The maximum atomic E-state index is 13.5. The van der Waals surface area contributed by atoms with Gasteiger partial charge in [-0.05, 0) is 30.3 Å². The number of aromatic amines is 1. The van der Waals surface area contributed by atoms with E-state index in [9.17, 15) is 4.39 Å². The molecule has 9 heteroatoms. The van der Waals surface area contributed by atoms with E-state index < -0.39 is 6.29 Å². The first-order valence-corrected chi connectivity index (χ1v) is 10.1. The van der Waals surface area contributed by atoms with Crippen molar-refractivity contribution in [1.29, 1.82) is 0 Å². The zero-order valence-electron chi connectivity index (χ0n) is 17.5. The van der Waals surface area contributed by atoms with Crippen molar-refractivity contribution in [3.05, 3.63) is 48.2 Å². The lowest BCUT2D eigenvalue weighted by Gasteiger charge is -2.33. The molecule has 1 aromatic carbocycles. The number of ether oxygens (including phenoxy) is 3.